The topological polar surface area (TPSA) is 76.1 Å². The highest BCUT2D eigenvalue weighted by Gasteiger charge is 2.12. The summed E-state index contributed by atoms with van der Waals surface area (Å²) >= 11 is 0. The number of fused-ring (bicyclic) bond motifs is 1. The van der Waals surface area contributed by atoms with Crippen LogP contribution in [0.5, 0.6) is 0 Å². The van der Waals surface area contributed by atoms with Gasteiger partial charge >= 0.3 is 0 Å². The number of aromatic nitrogens is 4. The van der Waals surface area contributed by atoms with Crippen LogP contribution in [0.2, 0.25) is 0 Å². The van der Waals surface area contributed by atoms with Gasteiger partial charge in [-0.2, -0.15) is 5.10 Å². The third-order valence-corrected chi connectivity index (χ3v) is 3.44. The monoisotopic (exact) mass is 291 g/mol. The van der Waals surface area contributed by atoms with E-state index in [0.717, 1.165) is 42.9 Å². The normalized spacial score (nSPS) is 11.9. The minimum absolute atomic E-state index is 0.507. The van der Waals surface area contributed by atoms with Crippen LogP contribution in [-0.4, -0.2) is 63.3 Å². The van der Waals surface area contributed by atoms with Crippen molar-refractivity contribution in [3.05, 3.63) is 12.0 Å². The van der Waals surface area contributed by atoms with Gasteiger partial charge in [-0.1, -0.05) is 6.92 Å². The van der Waals surface area contributed by atoms with Crippen LogP contribution in [0.1, 0.15) is 19.2 Å². The van der Waals surface area contributed by atoms with Crippen molar-refractivity contribution < 1.29 is 0 Å². The summed E-state index contributed by atoms with van der Waals surface area (Å²) < 4.78 is 1.74. The van der Waals surface area contributed by atoms with E-state index in [-0.39, 0.29) is 0 Å². The highest BCUT2D eigenvalue weighted by molar-refractivity contribution is 5.84. The van der Waals surface area contributed by atoms with E-state index < -0.39 is 0 Å². The zero-order chi connectivity index (χ0) is 15.4. The number of anilines is 1. The molecule has 0 fully saturated rings. The summed E-state index contributed by atoms with van der Waals surface area (Å²) in [6.07, 6.45) is 2.82. The molecule has 0 aromatic carbocycles. The lowest BCUT2D eigenvalue weighted by atomic mass is 10.3. The minimum Gasteiger partial charge on any atom is -0.383 e. The van der Waals surface area contributed by atoms with E-state index in [2.05, 4.69) is 45.9 Å². The fourth-order valence-corrected chi connectivity index (χ4v) is 2.29. The molecular weight excluding hydrogens is 266 g/mol. The van der Waals surface area contributed by atoms with Gasteiger partial charge in [-0.25, -0.2) is 9.97 Å². The zero-order valence-corrected chi connectivity index (χ0v) is 13.4. The van der Waals surface area contributed by atoms with Gasteiger partial charge in [0.2, 0.25) is 0 Å². The second kappa shape index (κ2) is 6.82. The van der Waals surface area contributed by atoms with Crippen molar-refractivity contribution >= 4 is 16.9 Å². The van der Waals surface area contributed by atoms with Crippen molar-refractivity contribution in [2.45, 2.75) is 19.9 Å². The number of nitrogens with zero attached hydrogens (tertiary/aromatic N) is 6. The summed E-state index contributed by atoms with van der Waals surface area (Å²) in [5.74, 6) is 1.27. The van der Waals surface area contributed by atoms with E-state index in [1.165, 1.54) is 0 Å². The van der Waals surface area contributed by atoms with Crippen LogP contribution >= 0.6 is 0 Å². The van der Waals surface area contributed by atoms with Crippen molar-refractivity contribution in [1.82, 2.24) is 29.5 Å². The maximum absolute atomic E-state index is 6.01. The van der Waals surface area contributed by atoms with Gasteiger partial charge in [0.15, 0.2) is 5.65 Å². The molecule has 2 N–H and O–H groups in total. The predicted molar refractivity (Wildman–Crippen MR) is 84.8 cm³/mol. The van der Waals surface area contributed by atoms with Crippen molar-refractivity contribution in [2.24, 2.45) is 7.05 Å². The summed E-state index contributed by atoms with van der Waals surface area (Å²) in [5.41, 5.74) is 6.80. The van der Waals surface area contributed by atoms with Crippen LogP contribution in [0.25, 0.3) is 11.0 Å². The van der Waals surface area contributed by atoms with Gasteiger partial charge in [0.05, 0.1) is 18.1 Å². The number of rotatable bonds is 7. The van der Waals surface area contributed by atoms with E-state index in [4.69, 9.17) is 5.73 Å². The van der Waals surface area contributed by atoms with Gasteiger partial charge in [-0.3, -0.25) is 9.58 Å². The van der Waals surface area contributed by atoms with Crippen LogP contribution in [0.4, 0.5) is 5.82 Å². The maximum Gasteiger partial charge on any atom is 0.163 e. The minimum atomic E-state index is 0.507. The van der Waals surface area contributed by atoms with E-state index in [1.54, 1.807) is 10.9 Å². The van der Waals surface area contributed by atoms with E-state index in [0.29, 0.717) is 12.4 Å². The molecule has 116 valence electrons. The molecule has 2 heterocycles. The molecule has 0 aliphatic carbocycles. The lowest BCUT2D eigenvalue weighted by molar-refractivity contribution is 0.229. The fraction of sp³-hybridized carbons (Fsp3) is 0.643. The molecule has 21 heavy (non-hydrogen) atoms. The number of nitrogens with two attached hydrogens (primary N) is 1. The highest BCUT2D eigenvalue weighted by Crippen LogP contribution is 2.17. The summed E-state index contributed by atoms with van der Waals surface area (Å²) in [5, 5.41) is 5.00. The first-order valence-corrected chi connectivity index (χ1v) is 7.32. The van der Waals surface area contributed by atoms with E-state index >= 15 is 0 Å². The Morgan fingerprint density at radius 2 is 1.95 bits per heavy atom. The molecule has 0 saturated carbocycles. The van der Waals surface area contributed by atoms with Crippen molar-refractivity contribution in [1.29, 1.82) is 0 Å². The summed E-state index contributed by atoms with van der Waals surface area (Å²) in [7, 11) is 6.04. The Labute approximate surface area is 125 Å². The molecule has 0 spiro atoms. The summed E-state index contributed by atoms with van der Waals surface area (Å²) in [4.78, 5) is 13.6. The maximum atomic E-state index is 6.01. The number of nitrogen functional groups attached to an aromatic ring is 1. The molecule has 0 radical (unpaired) electrons. The second-order valence-corrected chi connectivity index (χ2v) is 5.61. The number of likely N-dealkylation sites (N-methyl/N-ethyl adjacent to an activating group) is 1. The van der Waals surface area contributed by atoms with Crippen LogP contribution in [0.15, 0.2) is 6.20 Å². The molecule has 0 saturated heterocycles. The first kappa shape index (κ1) is 15.7. The van der Waals surface area contributed by atoms with Gasteiger partial charge in [-0.15, -0.1) is 0 Å². The zero-order valence-electron chi connectivity index (χ0n) is 13.4. The Morgan fingerprint density at radius 1 is 1.19 bits per heavy atom. The summed E-state index contributed by atoms with van der Waals surface area (Å²) in [6.45, 7) is 5.94. The van der Waals surface area contributed by atoms with Crippen LogP contribution < -0.4 is 5.73 Å². The molecule has 0 bridgehead atoms. The molecule has 2 aromatic rings. The molecule has 0 aliphatic rings. The Hall–Kier alpha value is -1.73. The third-order valence-electron chi connectivity index (χ3n) is 3.44. The van der Waals surface area contributed by atoms with Gasteiger partial charge in [0.25, 0.3) is 0 Å². The first-order valence-electron chi connectivity index (χ1n) is 7.32. The van der Waals surface area contributed by atoms with E-state index in [1.807, 2.05) is 7.05 Å². The summed E-state index contributed by atoms with van der Waals surface area (Å²) in [6, 6.07) is 0. The third kappa shape index (κ3) is 3.89. The molecule has 2 rings (SSSR count). The molecule has 0 unspecified atom stereocenters. The first-order chi connectivity index (χ1) is 10.0. The van der Waals surface area contributed by atoms with Gasteiger partial charge in [0.1, 0.15) is 11.6 Å². The van der Waals surface area contributed by atoms with Crippen LogP contribution in [0.3, 0.4) is 0 Å². The SMILES string of the molecule is CCCN(CCN(C)C)Cc1nc(N)c2cnn(C)c2n1. The molecular formula is C14H25N7. The second-order valence-electron chi connectivity index (χ2n) is 5.61. The smallest absolute Gasteiger partial charge is 0.163 e. The number of aryl methyl sites for hydroxylation is 1. The van der Waals surface area contributed by atoms with Crippen LogP contribution in [0, 0.1) is 0 Å². The average Bonchev–Trinajstić information content (AvgIpc) is 2.79. The average molecular weight is 291 g/mol. The van der Waals surface area contributed by atoms with Crippen molar-refractivity contribution in [3.63, 3.8) is 0 Å². The van der Waals surface area contributed by atoms with Crippen LogP contribution in [-0.2, 0) is 13.6 Å². The number of hydrogen-bond acceptors (Lipinski definition) is 6. The Bertz CT molecular complexity index is 590. The Morgan fingerprint density at radius 3 is 2.62 bits per heavy atom. The molecule has 0 aliphatic heterocycles. The molecule has 0 atom stereocenters. The van der Waals surface area contributed by atoms with Crippen molar-refractivity contribution in [2.75, 3.05) is 39.5 Å². The quantitative estimate of drug-likeness (QED) is 0.810. The highest BCUT2D eigenvalue weighted by atomic mass is 15.3. The number of hydrogen-bond donors (Lipinski definition) is 1. The lowest BCUT2D eigenvalue weighted by Gasteiger charge is -2.22. The predicted octanol–water partition coefficient (Wildman–Crippen LogP) is 0.719. The fourth-order valence-electron chi connectivity index (χ4n) is 2.29. The van der Waals surface area contributed by atoms with E-state index in [9.17, 15) is 0 Å². The Kier molecular flexibility index (Phi) is 5.08. The standard InChI is InChI=1S/C14H25N7/c1-5-6-21(8-7-19(2)3)10-12-17-13(15)11-9-16-20(4)14(11)18-12/h9H,5-8,10H2,1-4H3,(H2,15,17,18). The van der Waals surface area contributed by atoms with Gasteiger partial charge in [0, 0.05) is 20.1 Å². The van der Waals surface area contributed by atoms with Crippen molar-refractivity contribution in [3.8, 4) is 0 Å². The lowest BCUT2D eigenvalue weighted by Crippen LogP contribution is -2.32. The largest absolute Gasteiger partial charge is 0.383 e. The molecule has 7 nitrogen and oxygen atoms in total. The molecule has 2 aromatic heterocycles. The van der Waals surface area contributed by atoms with Gasteiger partial charge in [-0.05, 0) is 27.1 Å². The van der Waals surface area contributed by atoms with Gasteiger partial charge < -0.3 is 10.6 Å². The molecule has 0 amide bonds. The Balaban J connectivity index is 2.17. The molecule has 7 heteroatoms.